The molecule has 0 fully saturated rings. The number of fused-ring (bicyclic) bond motifs is 1. The molecule has 0 unspecified atom stereocenters. The van der Waals surface area contributed by atoms with Crippen LogP contribution in [0.2, 0.25) is 0 Å². The summed E-state index contributed by atoms with van der Waals surface area (Å²) in [4.78, 5) is 11.8. The zero-order chi connectivity index (χ0) is 15.2. The standard InChI is InChI=1S/C18H19N3O/c22-18(20-14-15-6-2-1-3-7-15)19-11-13-21-12-10-16-8-4-5-9-17(16)21/h1-10,12H,11,13-14H2,(H2,19,20,22). The Morgan fingerprint density at radius 2 is 1.68 bits per heavy atom. The van der Waals surface area contributed by atoms with Gasteiger partial charge in [0.15, 0.2) is 0 Å². The maximum Gasteiger partial charge on any atom is 0.315 e. The van der Waals surface area contributed by atoms with Gasteiger partial charge in [0.25, 0.3) is 0 Å². The Labute approximate surface area is 129 Å². The van der Waals surface area contributed by atoms with Crippen molar-refractivity contribution in [2.75, 3.05) is 6.54 Å². The number of nitrogens with one attached hydrogen (secondary N) is 2. The molecule has 0 bridgehead atoms. The summed E-state index contributed by atoms with van der Waals surface area (Å²) in [6, 6.07) is 20.1. The molecule has 2 aromatic carbocycles. The largest absolute Gasteiger partial charge is 0.346 e. The summed E-state index contributed by atoms with van der Waals surface area (Å²) >= 11 is 0. The highest BCUT2D eigenvalue weighted by Gasteiger charge is 2.02. The van der Waals surface area contributed by atoms with E-state index in [0.29, 0.717) is 13.1 Å². The lowest BCUT2D eigenvalue weighted by molar-refractivity contribution is 0.240. The molecule has 0 spiro atoms. The second-order valence-corrected chi connectivity index (χ2v) is 5.16. The van der Waals surface area contributed by atoms with E-state index in [1.165, 1.54) is 10.9 Å². The van der Waals surface area contributed by atoms with Gasteiger partial charge in [-0.05, 0) is 23.1 Å². The molecule has 4 nitrogen and oxygen atoms in total. The second kappa shape index (κ2) is 6.80. The van der Waals surface area contributed by atoms with Crippen LogP contribution in [0.3, 0.4) is 0 Å². The first kappa shape index (κ1) is 14.2. The van der Waals surface area contributed by atoms with Gasteiger partial charge in [0, 0.05) is 31.3 Å². The summed E-state index contributed by atoms with van der Waals surface area (Å²) in [7, 11) is 0. The van der Waals surface area contributed by atoms with Gasteiger partial charge in [0.1, 0.15) is 0 Å². The molecule has 0 aliphatic rings. The SMILES string of the molecule is O=C(NCCn1ccc2ccccc21)NCc1ccccc1. The number of rotatable bonds is 5. The fourth-order valence-electron chi connectivity index (χ4n) is 2.47. The van der Waals surface area contributed by atoms with Crippen LogP contribution in [0.1, 0.15) is 5.56 Å². The molecule has 4 heteroatoms. The van der Waals surface area contributed by atoms with Crippen LogP contribution in [0.5, 0.6) is 0 Å². The van der Waals surface area contributed by atoms with Crippen molar-refractivity contribution in [3.63, 3.8) is 0 Å². The Bertz CT molecular complexity index is 749. The molecular formula is C18H19N3O. The van der Waals surface area contributed by atoms with Crippen molar-refractivity contribution in [2.24, 2.45) is 0 Å². The number of aromatic nitrogens is 1. The van der Waals surface area contributed by atoms with Gasteiger partial charge in [-0.15, -0.1) is 0 Å². The molecule has 0 aliphatic carbocycles. The predicted molar refractivity (Wildman–Crippen MR) is 88.6 cm³/mol. The van der Waals surface area contributed by atoms with E-state index in [4.69, 9.17) is 0 Å². The fraction of sp³-hybridized carbons (Fsp3) is 0.167. The summed E-state index contributed by atoms with van der Waals surface area (Å²) < 4.78 is 2.15. The van der Waals surface area contributed by atoms with Crippen molar-refractivity contribution in [3.8, 4) is 0 Å². The molecule has 2 N–H and O–H groups in total. The van der Waals surface area contributed by atoms with Gasteiger partial charge < -0.3 is 15.2 Å². The third-order valence-corrected chi connectivity index (χ3v) is 3.61. The molecule has 3 aromatic rings. The van der Waals surface area contributed by atoms with Gasteiger partial charge in [0.05, 0.1) is 0 Å². The Kier molecular flexibility index (Phi) is 4.39. The number of benzene rings is 2. The van der Waals surface area contributed by atoms with Crippen molar-refractivity contribution < 1.29 is 4.79 Å². The molecule has 0 radical (unpaired) electrons. The highest BCUT2D eigenvalue weighted by Crippen LogP contribution is 2.14. The van der Waals surface area contributed by atoms with Crippen LogP contribution in [0.4, 0.5) is 4.79 Å². The first-order valence-electron chi connectivity index (χ1n) is 7.42. The van der Waals surface area contributed by atoms with E-state index in [1.807, 2.05) is 48.7 Å². The van der Waals surface area contributed by atoms with Crippen LogP contribution < -0.4 is 10.6 Å². The van der Waals surface area contributed by atoms with E-state index in [2.05, 4.69) is 33.4 Å². The zero-order valence-electron chi connectivity index (χ0n) is 12.3. The molecule has 22 heavy (non-hydrogen) atoms. The number of urea groups is 1. The van der Waals surface area contributed by atoms with Crippen LogP contribution in [0.15, 0.2) is 66.9 Å². The lowest BCUT2D eigenvalue weighted by Gasteiger charge is -2.09. The summed E-state index contributed by atoms with van der Waals surface area (Å²) in [5, 5.41) is 6.96. The predicted octanol–water partition coefficient (Wildman–Crippen LogP) is 3.14. The third-order valence-electron chi connectivity index (χ3n) is 3.61. The van der Waals surface area contributed by atoms with Crippen molar-refractivity contribution in [1.29, 1.82) is 0 Å². The Balaban J connectivity index is 1.45. The number of carbonyl (C=O) groups is 1. The summed E-state index contributed by atoms with van der Waals surface area (Å²) in [5.41, 5.74) is 2.28. The topological polar surface area (TPSA) is 46.1 Å². The molecule has 0 atom stereocenters. The minimum absolute atomic E-state index is 0.139. The van der Waals surface area contributed by atoms with Crippen LogP contribution in [0.25, 0.3) is 10.9 Å². The van der Waals surface area contributed by atoms with E-state index in [9.17, 15) is 4.79 Å². The molecule has 0 saturated heterocycles. The zero-order valence-corrected chi connectivity index (χ0v) is 12.3. The van der Waals surface area contributed by atoms with Gasteiger partial charge in [0.2, 0.25) is 0 Å². The molecule has 0 aliphatic heterocycles. The molecule has 112 valence electrons. The van der Waals surface area contributed by atoms with Crippen LogP contribution in [0, 0.1) is 0 Å². The van der Waals surface area contributed by atoms with E-state index in [1.54, 1.807) is 0 Å². The van der Waals surface area contributed by atoms with Crippen molar-refractivity contribution in [1.82, 2.24) is 15.2 Å². The number of hydrogen-bond donors (Lipinski definition) is 2. The Morgan fingerprint density at radius 3 is 2.55 bits per heavy atom. The lowest BCUT2D eigenvalue weighted by Crippen LogP contribution is -2.36. The third kappa shape index (κ3) is 3.47. The summed E-state index contributed by atoms with van der Waals surface area (Å²) in [6.45, 7) is 1.89. The molecule has 0 saturated carbocycles. The van der Waals surface area contributed by atoms with E-state index < -0.39 is 0 Å². The summed E-state index contributed by atoms with van der Waals surface area (Å²) in [5.74, 6) is 0. The van der Waals surface area contributed by atoms with Gasteiger partial charge in [-0.2, -0.15) is 0 Å². The van der Waals surface area contributed by atoms with Gasteiger partial charge in [-0.3, -0.25) is 0 Å². The minimum Gasteiger partial charge on any atom is -0.346 e. The number of amides is 2. The van der Waals surface area contributed by atoms with E-state index in [0.717, 1.165) is 12.1 Å². The molecule has 2 amide bonds. The molecular weight excluding hydrogens is 274 g/mol. The van der Waals surface area contributed by atoms with Crippen molar-refractivity contribution in [3.05, 3.63) is 72.4 Å². The fourth-order valence-corrected chi connectivity index (χ4v) is 2.47. The van der Waals surface area contributed by atoms with E-state index >= 15 is 0 Å². The Morgan fingerprint density at radius 1 is 0.909 bits per heavy atom. The monoisotopic (exact) mass is 293 g/mol. The maximum atomic E-state index is 11.8. The summed E-state index contributed by atoms with van der Waals surface area (Å²) in [6.07, 6.45) is 2.05. The average Bonchev–Trinajstić information content (AvgIpc) is 2.97. The van der Waals surface area contributed by atoms with Crippen LogP contribution in [-0.2, 0) is 13.1 Å². The number of para-hydroxylation sites is 1. The smallest absolute Gasteiger partial charge is 0.315 e. The second-order valence-electron chi connectivity index (χ2n) is 5.16. The number of hydrogen-bond acceptors (Lipinski definition) is 1. The molecule has 3 rings (SSSR count). The van der Waals surface area contributed by atoms with Crippen molar-refractivity contribution in [2.45, 2.75) is 13.1 Å². The average molecular weight is 293 g/mol. The van der Waals surface area contributed by atoms with Gasteiger partial charge in [-0.1, -0.05) is 48.5 Å². The quantitative estimate of drug-likeness (QED) is 0.746. The van der Waals surface area contributed by atoms with Crippen molar-refractivity contribution >= 4 is 16.9 Å². The number of carbonyl (C=O) groups excluding carboxylic acids is 1. The Hall–Kier alpha value is -2.75. The highest BCUT2D eigenvalue weighted by molar-refractivity contribution is 5.80. The van der Waals surface area contributed by atoms with Crippen LogP contribution in [-0.4, -0.2) is 17.1 Å². The first-order chi connectivity index (χ1) is 10.8. The highest BCUT2D eigenvalue weighted by atomic mass is 16.2. The van der Waals surface area contributed by atoms with Crippen LogP contribution >= 0.6 is 0 Å². The molecule has 1 aromatic heterocycles. The molecule has 1 heterocycles. The van der Waals surface area contributed by atoms with Gasteiger partial charge in [-0.25, -0.2) is 4.79 Å². The maximum absolute atomic E-state index is 11.8. The minimum atomic E-state index is -0.139. The van der Waals surface area contributed by atoms with Gasteiger partial charge >= 0.3 is 6.03 Å². The normalized spacial score (nSPS) is 10.5. The lowest BCUT2D eigenvalue weighted by atomic mass is 10.2. The first-order valence-corrected chi connectivity index (χ1v) is 7.42. The number of nitrogens with zero attached hydrogens (tertiary/aromatic N) is 1. The van der Waals surface area contributed by atoms with E-state index in [-0.39, 0.29) is 6.03 Å².